The van der Waals surface area contributed by atoms with E-state index in [4.69, 9.17) is 0 Å². The van der Waals surface area contributed by atoms with Crippen LogP contribution in [0.15, 0.2) is 29.2 Å². The van der Waals surface area contributed by atoms with Crippen LogP contribution in [0, 0.1) is 5.92 Å². The van der Waals surface area contributed by atoms with E-state index in [0.717, 1.165) is 25.2 Å². The summed E-state index contributed by atoms with van der Waals surface area (Å²) in [5.41, 5.74) is 0.761. The van der Waals surface area contributed by atoms with E-state index in [1.54, 1.807) is 19.3 Å². The van der Waals surface area contributed by atoms with E-state index in [1.807, 2.05) is 19.1 Å². The lowest BCUT2D eigenvalue weighted by atomic mass is 10.1. The summed E-state index contributed by atoms with van der Waals surface area (Å²) in [6.07, 6.45) is 6.89. The van der Waals surface area contributed by atoms with Crippen LogP contribution in [0.25, 0.3) is 0 Å². The molecule has 0 aromatic carbocycles. The summed E-state index contributed by atoms with van der Waals surface area (Å²) in [6.45, 7) is 4.33. The van der Waals surface area contributed by atoms with Gasteiger partial charge in [-0.05, 0) is 19.3 Å². The Labute approximate surface area is 124 Å². The van der Waals surface area contributed by atoms with Crippen LogP contribution in [-0.4, -0.2) is 35.3 Å². The van der Waals surface area contributed by atoms with Gasteiger partial charge in [0, 0.05) is 39.2 Å². The van der Waals surface area contributed by atoms with Crippen LogP contribution < -0.4 is 15.8 Å². The lowest BCUT2D eigenvalue weighted by Gasteiger charge is -2.18. The van der Waals surface area contributed by atoms with Gasteiger partial charge >= 0.3 is 0 Å². The fraction of sp³-hybridized carbons (Fsp3) is 0.533. The first-order valence-electron chi connectivity index (χ1n) is 7.26. The molecule has 0 aliphatic carbocycles. The third kappa shape index (κ3) is 4.18. The maximum absolute atomic E-state index is 11.6. The fourth-order valence-corrected chi connectivity index (χ4v) is 2.42. The first-order valence-corrected chi connectivity index (χ1v) is 7.26. The molecule has 21 heavy (non-hydrogen) atoms. The van der Waals surface area contributed by atoms with Gasteiger partial charge in [-0.1, -0.05) is 12.2 Å². The molecule has 0 spiro atoms. The predicted molar refractivity (Wildman–Crippen MR) is 82.2 cm³/mol. The Balaban J connectivity index is 1.84. The lowest BCUT2D eigenvalue weighted by molar-refractivity contribution is -0.120. The second-order valence-corrected chi connectivity index (χ2v) is 5.35. The summed E-state index contributed by atoms with van der Waals surface area (Å²) in [6, 6.07) is 1.61. The largest absolute Gasteiger partial charge is 0.370 e. The van der Waals surface area contributed by atoms with Crippen molar-refractivity contribution in [2.75, 3.05) is 24.5 Å². The van der Waals surface area contributed by atoms with Crippen molar-refractivity contribution < 1.29 is 4.79 Å². The number of aromatic nitrogens is 2. The summed E-state index contributed by atoms with van der Waals surface area (Å²) in [7, 11) is 1.64. The van der Waals surface area contributed by atoms with Crippen molar-refractivity contribution in [1.82, 2.24) is 15.1 Å². The topological polar surface area (TPSA) is 67.2 Å². The van der Waals surface area contributed by atoms with Gasteiger partial charge in [-0.3, -0.25) is 9.59 Å². The minimum atomic E-state index is -0.101. The molecule has 6 heteroatoms. The number of amides is 1. The van der Waals surface area contributed by atoms with Crippen LogP contribution in [0.4, 0.5) is 5.69 Å². The molecule has 1 atom stereocenters. The number of hydrogen-bond acceptors (Lipinski definition) is 4. The van der Waals surface area contributed by atoms with Gasteiger partial charge in [0.2, 0.25) is 5.91 Å². The van der Waals surface area contributed by atoms with Crippen LogP contribution in [0.3, 0.4) is 0 Å². The zero-order chi connectivity index (χ0) is 15.2. The molecule has 1 saturated heterocycles. The molecule has 0 bridgehead atoms. The maximum atomic E-state index is 11.6. The molecule has 2 rings (SSSR count). The molecular formula is C15H22N4O2. The Morgan fingerprint density at radius 3 is 3.10 bits per heavy atom. The highest BCUT2D eigenvalue weighted by atomic mass is 16.1. The molecule has 2 heterocycles. The Bertz CT molecular complexity index is 579. The van der Waals surface area contributed by atoms with E-state index in [9.17, 15) is 9.59 Å². The van der Waals surface area contributed by atoms with Crippen LogP contribution in [0.2, 0.25) is 0 Å². The number of rotatable bonds is 5. The van der Waals surface area contributed by atoms with Gasteiger partial charge in [-0.15, -0.1) is 0 Å². The van der Waals surface area contributed by atoms with Crippen LogP contribution in [0.1, 0.15) is 19.8 Å². The zero-order valence-corrected chi connectivity index (χ0v) is 12.6. The van der Waals surface area contributed by atoms with E-state index in [0.29, 0.717) is 18.9 Å². The first kappa shape index (κ1) is 15.3. The smallest absolute Gasteiger partial charge is 0.268 e. The Kier molecular flexibility index (Phi) is 5.14. The average molecular weight is 290 g/mol. The molecule has 1 unspecified atom stereocenters. The number of carbonyl (C=O) groups is 1. The molecule has 1 aromatic rings. The molecule has 1 aliphatic heterocycles. The van der Waals surface area contributed by atoms with Crippen LogP contribution >= 0.6 is 0 Å². The summed E-state index contributed by atoms with van der Waals surface area (Å²) >= 11 is 0. The Hall–Kier alpha value is -2.11. The number of hydrogen-bond donors (Lipinski definition) is 1. The molecule has 1 amide bonds. The molecule has 1 aliphatic rings. The second kappa shape index (κ2) is 7.06. The Morgan fingerprint density at radius 1 is 1.57 bits per heavy atom. The van der Waals surface area contributed by atoms with Crippen LogP contribution in [-0.2, 0) is 11.8 Å². The third-order valence-corrected chi connectivity index (χ3v) is 3.73. The molecule has 114 valence electrons. The van der Waals surface area contributed by atoms with Crippen LogP contribution in [0.5, 0.6) is 0 Å². The highest BCUT2D eigenvalue weighted by molar-refractivity contribution is 5.77. The summed E-state index contributed by atoms with van der Waals surface area (Å²) < 4.78 is 1.32. The third-order valence-electron chi connectivity index (χ3n) is 3.73. The van der Waals surface area contributed by atoms with E-state index >= 15 is 0 Å². The molecule has 1 N–H and O–H groups in total. The van der Waals surface area contributed by atoms with E-state index < -0.39 is 0 Å². The highest BCUT2D eigenvalue weighted by Gasteiger charge is 2.23. The van der Waals surface area contributed by atoms with Gasteiger partial charge in [-0.25, -0.2) is 4.68 Å². The summed E-state index contributed by atoms with van der Waals surface area (Å²) in [5.74, 6) is 0.477. The van der Waals surface area contributed by atoms with Crippen molar-refractivity contribution in [3.63, 3.8) is 0 Å². The minimum absolute atomic E-state index is 0.0572. The van der Waals surface area contributed by atoms with E-state index in [1.165, 1.54) is 4.68 Å². The SMILES string of the molecule is C/C=C/CC(=O)NCC1CCN(c2cnn(C)c(=O)c2)C1. The molecule has 0 radical (unpaired) electrons. The van der Waals surface area contributed by atoms with E-state index in [2.05, 4.69) is 15.3 Å². The Morgan fingerprint density at radius 2 is 2.38 bits per heavy atom. The first-order chi connectivity index (χ1) is 10.1. The monoisotopic (exact) mass is 290 g/mol. The van der Waals surface area contributed by atoms with Crippen molar-refractivity contribution >= 4 is 11.6 Å². The van der Waals surface area contributed by atoms with E-state index in [-0.39, 0.29) is 11.5 Å². The number of nitrogens with zero attached hydrogens (tertiary/aromatic N) is 3. The van der Waals surface area contributed by atoms with Crippen molar-refractivity contribution in [2.45, 2.75) is 19.8 Å². The van der Waals surface area contributed by atoms with Crippen molar-refractivity contribution in [1.29, 1.82) is 0 Å². The molecule has 0 saturated carbocycles. The predicted octanol–water partition coefficient (Wildman–Crippen LogP) is 0.689. The molecule has 1 fully saturated rings. The average Bonchev–Trinajstić information content (AvgIpc) is 2.94. The lowest BCUT2D eigenvalue weighted by Crippen LogP contribution is -2.31. The number of anilines is 1. The van der Waals surface area contributed by atoms with Gasteiger partial charge in [0.1, 0.15) is 0 Å². The van der Waals surface area contributed by atoms with Crippen molar-refractivity contribution in [2.24, 2.45) is 13.0 Å². The van der Waals surface area contributed by atoms with Crippen molar-refractivity contribution in [3.05, 3.63) is 34.8 Å². The summed E-state index contributed by atoms with van der Waals surface area (Å²) in [4.78, 5) is 25.3. The standard InChI is InChI=1S/C15H22N4O2/c1-3-4-5-14(20)16-9-12-6-7-19(11-12)13-8-15(21)18(2)17-10-13/h3-4,8,10,12H,5-7,9,11H2,1-2H3,(H,16,20)/b4-3+. The minimum Gasteiger partial charge on any atom is -0.370 e. The van der Waals surface area contributed by atoms with Gasteiger partial charge in [0.05, 0.1) is 11.9 Å². The maximum Gasteiger partial charge on any atom is 0.268 e. The number of nitrogens with one attached hydrogen (secondary N) is 1. The molecule has 6 nitrogen and oxygen atoms in total. The van der Waals surface area contributed by atoms with Gasteiger partial charge < -0.3 is 10.2 Å². The highest BCUT2D eigenvalue weighted by Crippen LogP contribution is 2.21. The molecular weight excluding hydrogens is 268 g/mol. The van der Waals surface area contributed by atoms with Gasteiger partial charge in [0.15, 0.2) is 0 Å². The zero-order valence-electron chi connectivity index (χ0n) is 12.6. The molecule has 1 aromatic heterocycles. The summed E-state index contributed by atoms with van der Waals surface area (Å²) in [5, 5.41) is 6.99. The number of allylic oxidation sites excluding steroid dienone is 1. The quantitative estimate of drug-likeness (QED) is 0.810. The van der Waals surface area contributed by atoms with Gasteiger partial charge in [-0.2, -0.15) is 5.10 Å². The number of carbonyl (C=O) groups excluding carboxylic acids is 1. The number of aryl methyl sites for hydroxylation is 1. The van der Waals surface area contributed by atoms with Gasteiger partial charge in [0.25, 0.3) is 5.56 Å². The normalized spacial score (nSPS) is 18.4. The second-order valence-electron chi connectivity index (χ2n) is 5.35. The van der Waals surface area contributed by atoms with Crippen molar-refractivity contribution in [3.8, 4) is 0 Å². The fourth-order valence-electron chi connectivity index (χ4n) is 2.42.